The smallest absolute Gasteiger partial charge is 0.243 e. The lowest BCUT2D eigenvalue weighted by molar-refractivity contribution is -0.139. The summed E-state index contributed by atoms with van der Waals surface area (Å²) >= 11 is 14.2. The molecule has 0 heterocycles. The van der Waals surface area contributed by atoms with Crippen LogP contribution in [0.2, 0.25) is 10.0 Å². The summed E-state index contributed by atoms with van der Waals surface area (Å²) < 4.78 is 14.1. The van der Waals surface area contributed by atoms with Crippen LogP contribution in [0.1, 0.15) is 36.5 Å². The normalized spacial score (nSPS) is 11.7. The van der Waals surface area contributed by atoms with E-state index in [0.29, 0.717) is 39.9 Å². The van der Waals surface area contributed by atoms with Gasteiger partial charge in [-0.15, -0.1) is 11.8 Å². The standard InChI is InChI=1S/C29H31Cl2FN2O2S/c1-2-3-16-33-29(36)27(17-21-10-5-4-6-11-21)34(18-23-24(30)13-9-14-25(23)31)28(35)20-37-19-22-12-7-8-15-26(22)32/h4-15,27H,2-3,16-20H2,1H3,(H,33,36)/t27-/m0/s1. The summed E-state index contributed by atoms with van der Waals surface area (Å²) in [4.78, 5) is 28.6. The summed E-state index contributed by atoms with van der Waals surface area (Å²) in [5.74, 6) is -0.369. The van der Waals surface area contributed by atoms with E-state index in [1.54, 1.807) is 41.3 Å². The molecule has 0 saturated carbocycles. The monoisotopic (exact) mass is 560 g/mol. The molecule has 0 spiro atoms. The van der Waals surface area contributed by atoms with Crippen LogP contribution in [0.3, 0.4) is 0 Å². The molecule has 0 saturated heterocycles. The van der Waals surface area contributed by atoms with Crippen molar-refractivity contribution in [3.05, 3.63) is 105 Å². The highest BCUT2D eigenvalue weighted by atomic mass is 35.5. The Morgan fingerprint density at radius 2 is 1.65 bits per heavy atom. The molecule has 0 aliphatic carbocycles. The minimum atomic E-state index is -0.770. The van der Waals surface area contributed by atoms with E-state index in [9.17, 15) is 14.0 Å². The molecule has 0 fully saturated rings. The zero-order valence-electron chi connectivity index (χ0n) is 20.8. The second kappa shape index (κ2) is 15.0. The highest BCUT2D eigenvalue weighted by Crippen LogP contribution is 2.28. The number of thioether (sulfide) groups is 1. The third kappa shape index (κ3) is 8.77. The van der Waals surface area contributed by atoms with Crippen LogP contribution >= 0.6 is 35.0 Å². The molecule has 0 bridgehead atoms. The van der Waals surface area contributed by atoms with Crippen LogP contribution in [0, 0.1) is 5.82 Å². The van der Waals surface area contributed by atoms with Gasteiger partial charge in [-0.1, -0.05) is 91.1 Å². The number of amides is 2. The van der Waals surface area contributed by atoms with E-state index >= 15 is 0 Å². The summed E-state index contributed by atoms with van der Waals surface area (Å²) in [6.07, 6.45) is 2.12. The zero-order valence-corrected chi connectivity index (χ0v) is 23.1. The molecule has 3 aromatic rings. The number of unbranched alkanes of at least 4 members (excludes halogenated alkanes) is 1. The Kier molecular flexibility index (Phi) is 11.8. The van der Waals surface area contributed by atoms with Gasteiger partial charge in [-0.2, -0.15) is 0 Å². The Morgan fingerprint density at radius 3 is 2.32 bits per heavy atom. The molecule has 8 heteroatoms. The minimum Gasteiger partial charge on any atom is -0.354 e. The number of nitrogens with one attached hydrogen (secondary N) is 1. The van der Waals surface area contributed by atoms with Crippen molar-refractivity contribution in [2.75, 3.05) is 12.3 Å². The van der Waals surface area contributed by atoms with Crippen LogP contribution in [-0.4, -0.2) is 35.1 Å². The molecule has 1 N–H and O–H groups in total. The average molecular weight is 562 g/mol. The van der Waals surface area contributed by atoms with Gasteiger partial charge in [0.25, 0.3) is 0 Å². The van der Waals surface area contributed by atoms with Gasteiger partial charge in [-0.3, -0.25) is 9.59 Å². The Labute approximate surface area is 232 Å². The number of benzene rings is 3. The summed E-state index contributed by atoms with van der Waals surface area (Å²) in [5, 5.41) is 3.84. The number of halogens is 3. The summed E-state index contributed by atoms with van der Waals surface area (Å²) in [7, 11) is 0. The van der Waals surface area contributed by atoms with E-state index in [-0.39, 0.29) is 29.9 Å². The maximum atomic E-state index is 14.1. The van der Waals surface area contributed by atoms with Gasteiger partial charge < -0.3 is 10.2 Å². The quantitative estimate of drug-likeness (QED) is 0.231. The molecular weight excluding hydrogens is 530 g/mol. The first kappa shape index (κ1) is 29.0. The maximum Gasteiger partial charge on any atom is 0.243 e. The Balaban J connectivity index is 1.88. The van der Waals surface area contributed by atoms with E-state index in [1.807, 2.05) is 30.3 Å². The van der Waals surface area contributed by atoms with Crippen LogP contribution in [0.4, 0.5) is 4.39 Å². The summed E-state index contributed by atoms with van der Waals surface area (Å²) in [6.45, 7) is 2.66. The molecule has 3 rings (SSSR count). The van der Waals surface area contributed by atoms with Crippen molar-refractivity contribution < 1.29 is 14.0 Å². The van der Waals surface area contributed by atoms with E-state index in [1.165, 1.54) is 17.8 Å². The molecule has 1 atom stereocenters. The van der Waals surface area contributed by atoms with E-state index < -0.39 is 6.04 Å². The third-order valence-corrected chi connectivity index (χ3v) is 7.61. The summed E-state index contributed by atoms with van der Waals surface area (Å²) in [5.41, 5.74) is 2.04. The molecule has 0 unspecified atom stereocenters. The van der Waals surface area contributed by atoms with Crippen LogP contribution < -0.4 is 5.32 Å². The van der Waals surface area contributed by atoms with Crippen molar-refractivity contribution in [1.29, 1.82) is 0 Å². The van der Waals surface area contributed by atoms with E-state index in [0.717, 1.165) is 18.4 Å². The van der Waals surface area contributed by atoms with Crippen molar-refractivity contribution in [1.82, 2.24) is 10.2 Å². The lowest BCUT2D eigenvalue weighted by Gasteiger charge is -2.32. The van der Waals surface area contributed by atoms with Crippen LogP contribution in [0.5, 0.6) is 0 Å². The van der Waals surface area contributed by atoms with Gasteiger partial charge in [0.15, 0.2) is 0 Å². The van der Waals surface area contributed by atoms with Crippen molar-refractivity contribution in [3.63, 3.8) is 0 Å². The highest BCUT2D eigenvalue weighted by Gasteiger charge is 2.31. The minimum absolute atomic E-state index is 0.0733. The molecule has 196 valence electrons. The fraction of sp³-hybridized carbons (Fsp3) is 0.310. The van der Waals surface area contributed by atoms with Gasteiger partial charge in [0.2, 0.25) is 11.8 Å². The predicted molar refractivity (Wildman–Crippen MR) is 151 cm³/mol. The number of carbonyl (C=O) groups is 2. The van der Waals surface area contributed by atoms with Crippen molar-refractivity contribution in [2.45, 2.75) is 44.5 Å². The fourth-order valence-corrected chi connectivity index (χ4v) is 5.27. The van der Waals surface area contributed by atoms with Crippen molar-refractivity contribution in [2.24, 2.45) is 0 Å². The lowest BCUT2D eigenvalue weighted by atomic mass is 10.0. The predicted octanol–water partition coefficient (Wildman–Crippen LogP) is 6.92. The molecule has 0 radical (unpaired) electrons. The van der Waals surface area contributed by atoms with Crippen molar-refractivity contribution in [3.8, 4) is 0 Å². The fourth-order valence-electron chi connectivity index (χ4n) is 3.86. The average Bonchev–Trinajstić information content (AvgIpc) is 2.89. The second-order valence-electron chi connectivity index (χ2n) is 8.66. The Morgan fingerprint density at radius 1 is 0.973 bits per heavy atom. The topological polar surface area (TPSA) is 49.4 Å². The number of hydrogen-bond acceptors (Lipinski definition) is 3. The van der Waals surface area contributed by atoms with Crippen LogP contribution in [0.25, 0.3) is 0 Å². The highest BCUT2D eigenvalue weighted by molar-refractivity contribution is 7.99. The first-order chi connectivity index (χ1) is 17.9. The number of hydrogen-bond donors (Lipinski definition) is 1. The van der Waals surface area contributed by atoms with Gasteiger partial charge in [0, 0.05) is 40.9 Å². The molecule has 0 aliphatic heterocycles. The first-order valence-electron chi connectivity index (χ1n) is 12.3. The Bertz CT molecular complexity index is 1160. The van der Waals surface area contributed by atoms with E-state index in [2.05, 4.69) is 12.2 Å². The third-order valence-electron chi connectivity index (χ3n) is 5.93. The van der Waals surface area contributed by atoms with Gasteiger partial charge >= 0.3 is 0 Å². The molecule has 37 heavy (non-hydrogen) atoms. The van der Waals surface area contributed by atoms with Crippen LogP contribution in [0.15, 0.2) is 72.8 Å². The Hall–Kier alpha value is -2.54. The van der Waals surface area contributed by atoms with Gasteiger partial charge in [0.05, 0.1) is 5.75 Å². The SMILES string of the molecule is CCCCNC(=O)[C@H](Cc1ccccc1)N(Cc1c(Cl)cccc1Cl)C(=O)CSCc1ccccc1F. The van der Waals surface area contributed by atoms with Crippen LogP contribution in [-0.2, 0) is 28.3 Å². The molecule has 3 aromatic carbocycles. The molecule has 0 aromatic heterocycles. The molecule has 0 aliphatic rings. The van der Waals surface area contributed by atoms with Gasteiger partial charge in [0.1, 0.15) is 11.9 Å². The molecular formula is C29H31Cl2FN2O2S. The number of carbonyl (C=O) groups excluding carboxylic acids is 2. The van der Waals surface area contributed by atoms with E-state index in [4.69, 9.17) is 23.2 Å². The number of nitrogens with zero attached hydrogens (tertiary/aromatic N) is 1. The summed E-state index contributed by atoms with van der Waals surface area (Å²) in [6, 6.07) is 20.5. The largest absolute Gasteiger partial charge is 0.354 e. The second-order valence-corrected chi connectivity index (χ2v) is 10.5. The van der Waals surface area contributed by atoms with Gasteiger partial charge in [-0.25, -0.2) is 4.39 Å². The van der Waals surface area contributed by atoms with Crippen molar-refractivity contribution >= 4 is 46.8 Å². The lowest BCUT2D eigenvalue weighted by Crippen LogP contribution is -2.51. The zero-order chi connectivity index (χ0) is 26.6. The molecule has 4 nitrogen and oxygen atoms in total. The first-order valence-corrected chi connectivity index (χ1v) is 14.2. The maximum absolute atomic E-state index is 14.1. The van der Waals surface area contributed by atoms with Gasteiger partial charge in [-0.05, 0) is 35.7 Å². The molecule has 2 amide bonds. The number of rotatable bonds is 13.